The van der Waals surface area contributed by atoms with E-state index in [9.17, 15) is 9.90 Å². The van der Waals surface area contributed by atoms with E-state index in [1.807, 2.05) is 27.7 Å². The summed E-state index contributed by atoms with van der Waals surface area (Å²) in [6, 6.07) is 8.21. The highest BCUT2D eigenvalue weighted by atomic mass is 16.4. The number of hydrogen-bond acceptors (Lipinski definition) is 3. The normalized spacial score (nSPS) is 18.1. The fraction of sp³-hybridized carbons (Fsp3) is 0.632. The van der Waals surface area contributed by atoms with Crippen LogP contribution in [0.3, 0.4) is 0 Å². The summed E-state index contributed by atoms with van der Waals surface area (Å²) in [6.07, 6.45) is 0.292. The molecule has 5 nitrogen and oxygen atoms in total. The van der Waals surface area contributed by atoms with Crippen LogP contribution in [0.2, 0.25) is 0 Å². The number of likely N-dealkylation sites (N-methyl/N-ethyl adjacent to an activating group) is 1. The summed E-state index contributed by atoms with van der Waals surface area (Å²) in [5.41, 5.74) is 1.82. The van der Waals surface area contributed by atoms with Gasteiger partial charge in [-0.1, -0.05) is 12.1 Å². The van der Waals surface area contributed by atoms with Crippen molar-refractivity contribution in [2.24, 2.45) is 0 Å². The van der Waals surface area contributed by atoms with Gasteiger partial charge in [-0.2, -0.15) is 0 Å². The lowest BCUT2D eigenvalue weighted by atomic mass is 9.99. The van der Waals surface area contributed by atoms with Crippen molar-refractivity contribution >= 4 is 11.8 Å². The van der Waals surface area contributed by atoms with Crippen molar-refractivity contribution in [2.45, 2.75) is 45.7 Å². The predicted octanol–water partition coefficient (Wildman–Crippen LogP) is 3.67. The fourth-order valence-corrected chi connectivity index (χ4v) is 3.45. The Morgan fingerprint density at radius 2 is 1.75 bits per heavy atom. The number of benzene rings is 1. The second-order valence-electron chi connectivity index (χ2n) is 7.73. The van der Waals surface area contributed by atoms with E-state index in [-0.39, 0.29) is 6.04 Å². The molecule has 0 aliphatic carbocycles. The second-order valence-corrected chi connectivity index (χ2v) is 7.73. The Morgan fingerprint density at radius 3 is 2.29 bits per heavy atom. The lowest BCUT2D eigenvalue weighted by Crippen LogP contribution is -2.46. The highest BCUT2D eigenvalue weighted by molar-refractivity contribution is 5.67. The molecule has 1 atom stereocenters. The van der Waals surface area contributed by atoms with Gasteiger partial charge in [0.25, 0.3) is 0 Å². The third-order valence-corrected chi connectivity index (χ3v) is 4.78. The van der Waals surface area contributed by atoms with E-state index >= 15 is 0 Å². The smallest absolute Gasteiger partial charge is 0.408 e. The Kier molecular flexibility index (Phi) is 5.75. The largest absolute Gasteiger partial charge is 0.465 e. The molecule has 0 saturated carbocycles. The van der Waals surface area contributed by atoms with Crippen LogP contribution < -0.4 is 4.90 Å². The first-order valence-electron chi connectivity index (χ1n) is 8.76. The van der Waals surface area contributed by atoms with Gasteiger partial charge in [-0.05, 0) is 65.4 Å². The summed E-state index contributed by atoms with van der Waals surface area (Å²) in [6.45, 7) is 12.1. The minimum atomic E-state index is -0.880. The molecule has 2 rings (SSSR count). The van der Waals surface area contributed by atoms with Gasteiger partial charge in [-0.3, -0.25) is 4.90 Å². The second kappa shape index (κ2) is 7.43. The van der Waals surface area contributed by atoms with Gasteiger partial charge in [0.05, 0.1) is 6.04 Å². The van der Waals surface area contributed by atoms with E-state index in [1.165, 1.54) is 17.0 Å². The molecule has 1 aliphatic rings. The van der Waals surface area contributed by atoms with Gasteiger partial charge >= 0.3 is 6.09 Å². The molecule has 1 amide bonds. The molecule has 1 aliphatic heterocycles. The lowest BCUT2D eigenvalue weighted by molar-refractivity contribution is 0.0753. The minimum Gasteiger partial charge on any atom is -0.465 e. The molecule has 1 heterocycles. The van der Waals surface area contributed by atoms with Gasteiger partial charge < -0.3 is 14.9 Å². The molecule has 1 fully saturated rings. The van der Waals surface area contributed by atoms with Gasteiger partial charge in [0.2, 0.25) is 0 Å². The number of amides is 1. The van der Waals surface area contributed by atoms with Crippen molar-refractivity contribution in [1.82, 2.24) is 9.80 Å². The molecule has 0 unspecified atom stereocenters. The molecule has 1 aromatic carbocycles. The SMILES string of the molecule is C[C@@H](c1ccc(N2CCCN(C)CC2)cc1)N(C(=O)O)C(C)(C)C. The average Bonchev–Trinajstić information content (AvgIpc) is 2.70. The van der Waals surface area contributed by atoms with Gasteiger partial charge in [-0.25, -0.2) is 4.79 Å². The van der Waals surface area contributed by atoms with Gasteiger partial charge in [0.1, 0.15) is 0 Å². The van der Waals surface area contributed by atoms with Crippen molar-refractivity contribution in [3.63, 3.8) is 0 Å². The molecule has 0 spiro atoms. The summed E-state index contributed by atoms with van der Waals surface area (Å²) in [5, 5.41) is 9.57. The molecule has 0 radical (unpaired) electrons. The van der Waals surface area contributed by atoms with Crippen molar-refractivity contribution in [2.75, 3.05) is 38.1 Å². The maximum Gasteiger partial charge on any atom is 0.408 e. The van der Waals surface area contributed by atoms with E-state index in [0.717, 1.165) is 31.7 Å². The summed E-state index contributed by atoms with van der Waals surface area (Å²) >= 11 is 0. The van der Waals surface area contributed by atoms with Crippen LogP contribution in [0.5, 0.6) is 0 Å². The molecular formula is C19H31N3O2. The topological polar surface area (TPSA) is 47.0 Å². The Morgan fingerprint density at radius 1 is 1.12 bits per heavy atom. The minimum absolute atomic E-state index is 0.174. The van der Waals surface area contributed by atoms with Crippen LogP contribution in [0, 0.1) is 0 Å². The number of carboxylic acid groups (broad SMARTS) is 1. The van der Waals surface area contributed by atoms with Gasteiger partial charge in [0, 0.05) is 30.9 Å². The molecule has 5 heteroatoms. The van der Waals surface area contributed by atoms with Crippen LogP contribution in [0.15, 0.2) is 24.3 Å². The average molecular weight is 333 g/mol. The van der Waals surface area contributed by atoms with Crippen molar-refractivity contribution < 1.29 is 9.90 Å². The first-order chi connectivity index (χ1) is 11.2. The third-order valence-electron chi connectivity index (χ3n) is 4.78. The predicted molar refractivity (Wildman–Crippen MR) is 98.8 cm³/mol. The molecule has 1 saturated heterocycles. The Hall–Kier alpha value is -1.75. The molecule has 1 N–H and O–H groups in total. The van der Waals surface area contributed by atoms with Crippen LogP contribution in [0.4, 0.5) is 10.5 Å². The number of anilines is 1. The summed E-state index contributed by atoms with van der Waals surface area (Å²) < 4.78 is 0. The number of hydrogen-bond donors (Lipinski definition) is 1. The summed E-state index contributed by atoms with van der Waals surface area (Å²) in [4.78, 5) is 18.0. The molecule has 24 heavy (non-hydrogen) atoms. The van der Waals surface area contributed by atoms with Crippen molar-refractivity contribution in [3.05, 3.63) is 29.8 Å². The van der Waals surface area contributed by atoms with Gasteiger partial charge in [-0.15, -0.1) is 0 Å². The zero-order valence-electron chi connectivity index (χ0n) is 15.6. The van der Waals surface area contributed by atoms with Gasteiger partial charge in [0.15, 0.2) is 0 Å². The lowest BCUT2D eigenvalue weighted by Gasteiger charge is -2.38. The summed E-state index contributed by atoms with van der Waals surface area (Å²) in [5.74, 6) is 0. The number of rotatable bonds is 3. The maximum absolute atomic E-state index is 11.7. The Labute approximate surface area is 145 Å². The van der Waals surface area contributed by atoms with Crippen LogP contribution in [0.1, 0.15) is 45.7 Å². The van der Waals surface area contributed by atoms with E-state index < -0.39 is 11.6 Å². The monoisotopic (exact) mass is 333 g/mol. The van der Waals surface area contributed by atoms with Crippen LogP contribution in [-0.4, -0.2) is 59.8 Å². The Balaban J connectivity index is 2.14. The number of carbonyl (C=O) groups is 1. The maximum atomic E-state index is 11.7. The quantitative estimate of drug-likeness (QED) is 0.917. The standard InChI is InChI=1S/C19H31N3O2/c1-15(22(18(23)24)19(2,3)4)16-7-9-17(10-8-16)21-12-6-11-20(5)13-14-21/h7-10,15H,6,11-14H2,1-5H3,(H,23,24)/t15-/m0/s1. The molecule has 0 aromatic heterocycles. The van der Waals surface area contributed by atoms with E-state index in [1.54, 1.807) is 0 Å². The zero-order valence-corrected chi connectivity index (χ0v) is 15.6. The fourth-order valence-electron chi connectivity index (χ4n) is 3.45. The van der Waals surface area contributed by atoms with E-state index in [4.69, 9.17) is 0 Å². The molecular weight excluding hydrogens is 302 g/mol. The molecule has 134 valence electrons. The van der Waals surface area contributed by atoms with E-state index in [2.05, 4.69) is 41.1 Å². The summed E-state index contributed by atoms with van der Waals surface area (Å²) in [7, 11) is 2.17. The third kappa shape index (κ3) is 4.41. The highest BCUT2D eigenvalue weighted by Crippen LogP contribution is 2.29. The van der Waals surface area contributed by atoms with Crippen molar-refractivity contribution in [3.8, 4) is 0 Å². The molecule has 0 bridgehead atoms. The van der Waals surface area contributed by atoms with Crippen LogP contribution in [0.25, 0.3) is 0 Å². The van der Waals surface area contributed by atoms with Crippen LogP contribution >= 0.6 is 0 Å². The Bertz CT molecular complexity index is 551. The first kappa shape index (κ1) is 18.6. The molecule has 1 aromatic rings. The highest BCUT2D eigenvalue weighted by Gasteiger charge is 2.31. The van der Waals surface area contributed by atoms with E-state index in [0.29, 0.717) is 0 Å². The van der Waals surface area contributed by atoms with Crippen molar-refractivity contribution in [1.29, 1.82) is 0 Å². The first-order valence-corrected chi connectivity index (χ1v) is 8.76. The zero-order chi connectivity index (χ0) is 17.9. The number of nitrogens with zero attached hydrogens (tertiary/aromatic N) is 3. The van der Waals surface area contributed by atoms with Crippen LogP contribution in [-0.2, 0) is 0 Å².